The van der Waals surface area contributed by atoms with Crippen LogP contribution in [0.25, 0.3) is 6.08 Å². The van der Waals surface area contributed by atoms with E-state index in [2.05, 4.69) is 16.0 Å². The molecule has 45 heavy (non-hydrogen) atoms. The van der Waals surface area contributed by atoms with Gasteiger partial charge in [0.25, 0.3) is 11.8 Å². The van der Waals surface area contributed by atoms with Gasteiger partial charge in [0.2, 0.25) is 5.91 Å². The second-order valence-electron chi connectivity index (χ2n) is 9.78. The predicted molar refractivity (Wildman–Crippen MR) is 178 cm³/mol. The molecule has 0 saturated carbocycles. The first-order valence-electron chi connectivity index (χ1n) is 13.9. The number of amides is 3. The van der Waals surface area contributed by atoms with Crippen LogP contribution in [0.4, 0.5) is 15.8 Å². The number of halogens is 2. The molecule has 0 aliphatic heterocycles. The number of carbonyl (C=O) groups excluding carboxylic acids is 3. The molecule has 9 heteroatoms. The highest BCUT2D eigenvalue weighted by molar-refractivity contribution is 8.00. The average molecular weight is 636 g/mol. The molecule has 0 heterocycles. The summed E-state index contributed by atoms with van der Waals surface area (Å²) in [4.78, 5) is 40.4. The Balaban J connectivity index is 1.33. The molecule has 0 radical (unpaired) electrons. The van der Waals surface area contributed by atoms with Crippen molar-refractivity contribution in [2.75, 3.05) is 10.6 Å². The number of hydrogen-bond donors (Lipinski definition) is 3. The second-order valence-corrected chi connectivity index (χ2v) is 11.4. The highest BCUT2D eigenvalue weighted by Gasteiger charge is 2.22. The van der Waals surface area contributed by atoms with Gasteiger partial charge in [-0.2, -0.15) is 0 Å². The van der Waals surface area contributed by atoms with Gasteiger partial charge in [-0.1, -0.05) is 78.3 Å². The Hall–Kier alpha value is -5.18. The van der Waals surface area contributed by atoms with Crippen LogP contribution in [0.5, 0.6) is 0 Å². The number of rotatable bonds is 10. The van der Waals surface area contributed by atoms with Crippen LogP contribution in [0.1, 0.15) is 26.7 Å². The van der Waals surface area contributed by atoms with Crippen molar-refractivity contribution in [2.24, 2.45) is 0 Å². The molecule has 0 bridgehead atoms. The summed E-state index contributed by atoms with van der Waals surface area (Å²) in [6, 6.07) is 37.6. The van der Waals surface area contributed by atoms with Crippen molar-refractivity contribution in [2.45, 2.75) is 10.1 Å². The van der Waals surface area contributed by atoms with Crippen LogP contribution in [-0.2, 0) is 9.59 Å². The molecule has 5 aromatic carbocycles. The van der Waals surface area contributed by atoms with Crippen molar-refractivity contribution in [3.05, 3.63) is 167 Å². The Morgan fingerprint density at radius 2 is 1.27 bits per heavy atom. The largest absolute Gasteiger partial charge is 0.325 e. The van der Waals surface area contributed by atoms with Crippen molar-refractivity contribution in [3.63, 3.8) is 0 Å². The van der Waals surface area contributed by atoms with E-state index in [1.54, 1.807) is 84.9 Å². The minimum atomic E-state index is -0.632. The maximum Gasteiger partial charge on any atom is 0.272 e. The minimum absolute atomic E-state index is 0.129. The van der Waals surface area contributed by atoms with E-state index in [1.807, 2.05) is 30.3 Å². The van der Waals surface area contributed by atoms with Gasteiger partial charge in [0.05, 0.1) is 0 Å². The van der Waals surface area contributed by atoms with E-state index < -0.39 is 22.9 Å². The van der Waals surface area contributed by atoms with Crippen LogP contribution in [0.3, 0.4) is 0 Å². The van der Waals surface area contributed by atoms with Gasteiger partial charge >= 0.3 is 0 Å². The topological polar surface area (TPSA) is 87.3 Å². The van der Waals surface area contributed by atoms with E-state index >= 15 is 0 Å². The molecule has 0 fully saturated rings. The lowest BCUT2D eigenvalue weighted by molar-refractivity contribution is -0.116. The van der Waals surface area contributed by atoms with Crippen LogP contribution in [-0.4, -0.2) is 17.7 Å². The van der Waals surface area contributed by atoms with Crippen molar-refractivity contribution in [1.82, 2.24) is 5.32 Å². The fourth-order valence-electron chi connectivity index (χ4n) is 4.28. The summed E-state index contributed by atoms with van der Waals surface area (Å²) in [5, 5.41) is 8.33. The number of hydrogen-bond acceptors (Lipinski definition) is 4. The molecule has 3 N–H and O–H groups in total. The van der Waals surface area contributed by atoms with Gasteiger partial charge in [-0.25, -0.2) is 4.39 Å². The van der Waals surface area contributed by atoms with E-state index in [0.717, 1.165) is 10.5 Å². The van der Waals surface area contributed by atoms with E-state index in [-0.39, 0.29) is 17.2 Å². The molecule has 0 aliphatic carbocycles. The maximum absolute atomic E-state index is 14.4. The van der Waals surface area contributed by atoms with Crippen LogP contribution < -0.4 is 16.0 Å². The molecule has 5 aromatic rings. The molecular formula is C36H27ClFN3O3S. The van der Waals surface area contributed by atoms with Crippen molar-refractivity contribution in [1.29, 1.82) is 0 Å². The summed E-state index contributed by atoms with van der Waals surface area (Å²) in [7, 11) is 0. The normalized spacial score (nSPS) is 11.7. The van der Waals surface area contributed by atoms with Gasteiger partial charge in [0, 0.05) is 32.4 Å². The molecule has 1 atom stereocenters. The molecule has 224 valence electrons. The Morgan fingerprint density at radius 1 is 0.689 bits per heavy atom. The number of thioether (sulfide) groups is 1. The predicted octanol–water partition coefficient (Wildman–Crippen LogP) is 8.36. The molecule has 6 nitrogen and oxygen atoms in total. The van der Waals surface area contributed by atoms with Gasteiger partial charge in [0.15, 0.2) is 0 Å². The summed E-state index contributed by atoms with van der Waals surface area (Å²) in [5.74, 6) is -1.88. The van der Waals surface area contributed by atoms with Gasteiger partial charge < -0.3 is 16.0 Å². The molecule has 1 unspecified atom stereocenters. The summed E-state index contributed by atoms with van der Waals surface area (Å²) in [6.07, 6.45) is 1.29. The zero-order chi connectivity index (χ0) is 31.6. The summed E-state index contributed by atoms with van der Waals surface area (Å²) in [6.45, 7) is 0. The van der Waals surface area contributed by atoms with E-state index in [9.17, 15) is 18.8 Å². The van der Waals surface area contributed by atoms with Crippen LogP contribution in [0, 0.1) is 5.82 Å². The number of anilines is 2. The number of benzene rings is 5. The Morgan fingerprint density at radius 3 is 1.93 bits per heavy atom. The van der Waals surface area contributed by atoms with Gasteiger partial charge in [-0.05, 0) is 78.4 Å². The lowest BCUT2D eigenvalue weighted by atomic mass is 10.1. The third-order valence-corrected chi connectivity index (χ3v) is 8.07. The highest BCUT2D eigenvalue weighted by Crippen LogP contribution is 2.37. The first kappa shape index (κ1) is 31.3. The minimum Gasteiger partial charge on any atom is -0.325 e. The standard InChI is InChI=1S/C36H27ClFN3O3S/c37-27-15-17-28(18-16-27)40-36(44)33(24-9-3-1-4-10-24)45-30-21-19-29(20-22-30)39-35(43)32(23-26-13-7-8-14-31(26)38)41-34(42)25-11-5-2-6-12-25/h1-23,33H,(H,39,43)(H,40,44)(H,41,42)/b32-23-. The molecular weight excluding hydrogens is 609 g/mol. The third-order valence-electron chi connectivity index (χ3n) is 6.55. The zero-order valence-corrected chi connectivity index (χ0v) is 25.3. The van der Waals surface area contributed by atoms with E-state index in [4.69, 9.17) is 11.6 Å². The molecule has 0 aliphatic rings. The Kier molecular flexibility index (Phi) is 10.4. The molecule has 5 rings (SSSR count). The number of nitrogens with one attached hydrogen (secondary N) is 3. The van der Waals surface area contributed by atoms with Crippen molar-refractivity contribution in [3.8, 4) is 0 Å². The van der Waals surface area contributed by atoms with Gasteiger partial charge in [0.1, 0.15) is 16.8 Å². The molecule has 3 amide bonds. The summed E-state index contributed by atoms with van der Waals surface area (Å²) in [5.41, 5.74) is 2.26. The SMILES string of the molecule is O=C(Nc1ccc(SC(C(=O)Nc2ccc(Cl)cc2)c2ccccc2)cc1)/C(=C/c1ccccc1F)NC(=O)c1ccccc1. The fraction of sp³-hybridized carbons (Fsp3) is 0.0278. The number of carbonyl (C=O) groups is 3. The van der Waals surface area contributed by atoms with Crippen LogP contribution in [0.2, 0.25) is 5.02 Å². The van der Waals surface area contributed by atoms with Crippen molar-refractivity contribution >= 4 is 58.5 Å². The van der Waals surface area contributed by atoms with Crippen LogP contribution in [0.15, 0.2) is 144 Å². The first-order valence-corrected chi connectivity index (χ1v) is 15.1. The van der Waals surface area contributed by atoms with E-state index in [0.29, 0.717) is 22.0 Å². The second kappa shape index (κ2) is 15.0. The van der Waals surface area contributed by atoms with Gasteiger partial charge in [-0.3, -0.25) is 14.4 Å². The van der Waals surface area contributed by atoms with E-state index in [1.165, 1.54) is 36.0 Å². The summed E-state index contributed by atoms with van der Waals surface area (Å²) >= 11 is 7.34. The average Bonchev–Trinajstić information content (AvgIpc) is 3.06. The van der Waals surface area contributed by atoms with Gasteiger partial charge in [-0.15, -0.1) is 11.8 Å². The lowest BCUT2D eigenvalue weighted by Crippen LogP contribution is -2.30. The Bertz CT molecular complexity index is 1820. The maximum atomic E-state index is 14.4. The molecule has 0 aromatic heterocycles. The monoisotopic (exact) mass is 635 g/mol. The van der Waals surface area contributed by atoms with Crippen LogP contribution >= 0.6 is 23.4 Å². The highest BCUT2D eigenvalue weighted by atomic mass is 35.5. The quantitative estimate of drug-likeness (QED) is 0.106. The fourth-order valence-corrected chi connectivity index (χ4v) is 5.43. The summed E-state index contributed by atoms with van der Waals surface area (Å²) < 4.78 is 14.4. The first-order chi connectivity index (χ1) is 21.9. The smallest absolute Gasteiger partial charge is 0.272 e. The third kappa shape index (κ3) is 8.69. The lowest BCUT2D eigenvalue weighted by Gasteiger charge is -2.17. The van der Waals surface area contributed by atoms with Crippen molar-refractivity contribution < 1.29 is 18.8 Å². The molecule has 0 spiro atoms. The zero-order valence-electron chi connectivity index (χ0n) is 23.7. The molecule has 0 saturated heterocycles. The Labute approximate surface area is 269 Å².